The molecule has 0 aromatic heterocycles. The number of carbonyl (C=O) groups is 2. The zero-order valence-electron chi connectivity index (χ0n) is 14.8. The first-order chi connectivity index (χ1) is 12.9. The van der Waals surface area contributed by atoms with Gasteiger partial charge in [-0.15, -0.1) is 0 Å². The van der Waals surface area contributed by atoms with Crippen molar-refractivity contribution < 1.29 is 19.6 Å². The number of hydrogen-bond acceptors (Lipinski definition) is 5. The molecule has 0 aliphatic heterocycles. The Kier molecular flexibility index (Phi) is 6.87. The summed E-state index contributed by atoms with van der Waals surface area (Å²) in [6.07, 6.45) is 0.868. The van der Waals surface area contributed by atoms with Crippen molar-refractivity contribution >= 4 is 28.9 Å². The van der Waals surface area contributed by atoms with Crippen molar-refractivity contribution in [3.05, 3.63) is 64.2 Å². The second-order valence-corrected chi connectivity index (χ2v) is 6.07. The number of nitro groups is 1. The number of carbonyl (C=O) groups excluding carboxylic acids is 1. The number of carboxylic acids is 1. The second-order valence-electron chi connectivity index (χ2n) is 6.07. The van der Waals surface area contributed by atoms with Gasteiger partial charge in [0, 0.05) is 36.5 Å². The summed E-state index contributed by atoms with van der Waals surface area (Å²) in [5.41, 5.74) is 1.96. The van der Waals surface area contributed by atoms with E-state index in [2.05, 4.69) is 10.6 Å². The highest BCUT2D eigenvalue weighted by Crippen LogP contribution is 2.20. The molecule has 1 unspecified atom stereocenters. The van der Waals surface area contributed by atoms with E-state index in [1.165, 1.54) is 12.1 Å². The molecule has 1 amide bonds. The van der Waals surface area contributed by atoms with Crippen molar-refractivity contribution in [1.82, 2.24) is 0 Å². The summed E-state index contributed by atoms with van der Waals surface area (Å²) in [5.74, 6) is -1.73. The van der Waals surface area contributed by atoms with Gasteiger partial charge in [0.25, 0.3) is 5.69 Å². The van der Waals surface area contributed by atoms with E-state index >= 15 is 0 Å². The Morgan fingerprint density at radius 1 is 1.15 bits per heavy atom. The molecule has 0 saturated carbocycles. The molecule has 0 aliphatic rings. The molecule has 0 heterocycles. The Morgan fingerprint density at radius 3 is 2.48 bits per heavy atom. The van der Waals surface area contributed by atoms with Crippen molar-refractivity contribution in [3.63, 3.8) is 0 Å². The molecular formula is C19H21N3O5. The van der Waals surface area contributed by atoms with Gasteiger partial charge in [0.05, 0.1) is 10.8 Å². The number of benzene rings is 2. The minimum absolute atomic E-state index is 0.0272. The van der Waals surface area contributed by atoms with Crippen LogP contribution in [0.3, 0.4) is 0 Å². The third-order valence-corrected chi connectivity index (χ3v) is 4.03. The lowest BCUT2D eigenvalue weighted by Gasteiger charge is -2.10. The lowest BCUT2D eigenvalue weighted by Crippen LogP contribution is -2.14. The Hall–Kier alpha value is -3.42. The lowest BCUT2D eigenvalue weighted by atomic mass is 10.0. The predicted octanol–water partition coefficient (Wildman–Crippen LogP) is 3.61. The number of anilines is 2. The van der Waals surface area contributed by atoms with Crippen LogP contribution < -0.4 is 10.6 Å². The molecule has 0 aliphatic carbocycles. The van der Waals surface area contributed by atoms with Gasteiger partial charge in [-0.3, -0.25) is 19.7 Å². The average molecular weight is 371 g/mol. The molecule has 2 aromatic carbocycles. The van der Waals surface area contributed by atoms with Gasteiger partial charge in [-0.1, -0.05) is 12.1 Å². The first-order valence-electron chi connectivity index (χ1n) is 8.48. The van der Waals surface area contributed by atoms with Crippen molar-refractivity contribution in [2.45, 2.75) is 25.7 Å². The average Bonchev–Trinajstić information content (AvgIpc) is 2.65. The summed E-state index contributed by atoms with van der Waals surface area (Å²) >= 11 is 0. The van der Waals surface area contributed by atoms with Gasteiger partial charge >= 0.3 is 5.97 Å². The summed E-state index contributed by atoms with van der Waals surface area (Å²) in [4.78, 5) is 33.2. The summed E-state index contributed by atoms with van der Waals surface area (Å²) < 4.78 is 0. The lowest BCUT2D eigenvalue weighted by molar-refractivity contribution is -0.384. The van der Waals surface area contributed by atoms with E-state index in [0.717, 1.165) is 5.69 Å². The molecule has 27 heavy (non-hydrogen) atoms. The number of carboxylic acid groups (broad SMARTS) is 1. The van der Waals surface area contributed by atoms with Crippen LogP contribution in [-0.2, 0) is 9.59 Å². The molecular weight excluding hydrogens is 350 g/mol. The van der Waals surface area contributed by atoms with Crippen LogP contribution in [0, 0.1) is 10.1 Å². The van der Waals surface area contributed by atoms with Crippen LogP contribution in [0.15, 0.2) is 48.5 Å². The van der Waals surface area contributed by atoms with E-state index in [0.29, 0.717) is 30.6 Å². The van der Waals surface area contributed by atoms with Crippen LogP contribution in [0.4, 0.5) is 17.1 Å². The van der Waals surface area contributed by atoms with Gasteiger partial charge in [-0.2, -0.15) is 0 Å². The number of nitrogens with zero attached hydrogens (tertiary/aromatic N) is 1. The normalized spacial score (nSPS) is 11.4. The minimum atomic E-state index is -0.921. The molecule has 8 nitrogen and oxygen atoms in total. The molecule has 0 radical (unpaired) electrons. The van der Waals surface area contributed by atoms with Gasteiger partial charge in [0.2, 0.25) is 5.91 Å². The third kappa shape index (κ3) is 6.10. The standard InChI is InChI=1S/C19H21N3O5/c1-13(19(24)25)14-4-2-5-16(12-14)21-18(23)6-3-11-20-15-7-9-17(10-8-15)22(26)27/h2,4-5,7-10,12-13,20H,3,6,11H2,1H3,(H,21,23)(H,24,25). The fourth-order valence-electron chi connectivity index (χ4n) is 2.43. The number of nitro benzene ring substituents is 1. The maximum Gasteiger partial charge on any atom is 0.310 e. The Labute approximate surface area is 156 Å². The molecule has 0 bridgehead atoms. The third-order valence-electron chi connectivity index (χ3n) is 4.03. The Balaban J connectivity index is 1.77. The molecule has 0 fully saturated rings. The maximum atomic E-state index is 12.0. The fourth-order valence-corrected chi connectivity index (χ4v) is 2.43. The number of rotatable bonds is 9. The summed E-state index contributed by atoms with van der Waals surface area (Å²) in [6.45, 7) is 2.13. The van der Waals surface area contributed by atoms with E-state index < -0.39 is 16.8 Å². The fraction of sp³-hybridized carbons (Fsp3) is 0.263. The molecule has 142 valence electrons. The molecule has 3 N–H and O–H groups in total. The zero-order chi connectivity index (χ0) is 19.8. The number of non-ortho nitro benzene ring substituents is 1. The number of nitrogens with one attached hydrogen (secondary N) is 2. The second kappa shape index (κ2) is 9.33. The highest BCUT2D eigenvalue weighted by molar-refractivity contribution is 5.91. The first kappa shape index (κ1) is 19.9. The molecule has 8 heteroatoms. The van der Waals surface area contributed by atoms with Gasteiger partial charge in [0.1, 0.15) is 0 Å². The van der Waals surface area contributed by atoms with Crippen LogP contribution in [0.25, 0.3) is 0 Å². The summed E-state index contributed by atoms with van der Waals surface area (Å²) in [6, 6.07) is 12.9. The minimum Gasteiger partial charge on any atom is -0.481 e. The van der Waals surface area contributed by atoms with Gasteiger partial charge in [-0.25, -0.2) is 0 Å². The van der Waals surface area contributed by atoms with E-state index in [-0.39, 0.29) is 11.6 Å². The quantitative estimate of drug-likeness (QED) is 0.352. The molecule has 1 atom stereocenters. The highest BCUT2D eigenvalue weighted by atomic mass is 16.6. The zero-order valence-corrected chi connectivity index (χ0v) is 14.8. The number of amides is 1. The summed E-state index contributed by atoms with van der Waals surface area (Å²) in [7, 11) is 0. The topological polar surface area (TPSA) is 122 Å². The maximum absolute atomic E-state index is 12.0. The van der Waals surface area contributed by atoms with Crippen LogP contribution >= 0.6 is 0 Å². The van der Waals surface area contributed by atoms with Crippen LogP contribution in [0.2, 0.25) is 0 Å². The molecule has 0 spiro atoms. The predicted molar refractivity (Wildman–Crippen MR) is 102 cm³/mol. The monoisotopic (exact) mass is 371 g/mol. The highest BCUT2D eigenvalue weighted by Gasteiger charge is 2.14. The van der Waals surface area contributed by atoms with E-state index in [9.17, 15) is 19.7 Å². The largest absolute Gasteiger partial charge is 0.481 e. The van der Waals surface area contributed by atoms with Crippen molar-refractivity contribution in [2.24, 2.45) is 0 Å². The van der Waals surface area contributed by atoms with Gasteiger partial charge < -0.3 is 15.7 Å². The first-order valence-corrected chi connectivity index (χ1v) is 8.48. The molecule has 2 aromatic rings. The van der Waals surface area contributed by atoms with Gasteiger partial charge in [0.15, 0.2) is 0 Å². The van der Waals surface area contributed by atoms with E-state index in [4.69, 9.17) is 5.11 Å². The number of aliphatic carboxylic acids is 1. The van der Waals surface area contributed by atoms with Crippen molar-refractivity contribution in [2.75, 3.05) is 17.2 Å². The smallest absolute Gasteiger partial charge is 0.310 e. The van der Waals surface area contributed by atoms with Crippen molar-refractivity contribution in [1.29, 1.82) is 0 Å². The van der Waals surface area contributed by atoms with Crippen LogP contribution in [-0.4, -0.2) is 28.5 Å². The van der Waals surface area contributed by atoms with Crippen molar-refractivity contribution in [3.8, 4) is 0 Å². The van der Waals surface area contributed by atoms with Crippen LogP contribution in [0.5, 0.6) is 0 Å². The summed E-state index contributed by atoms with van der Waals surface area (Å²) in [5, 5.41) is 25.5. The molecule has 2 rings (SSSR count). The van der Waals surface area contributed by atoms with Crippen LogP contribution in [0.1, 0.15) is 31.2 Å². The molecule has 0 saturated heterocycles. The Morgan fingerprint density at radius 2 is 1.85 bits per heavy atom. The van der Waals surface area contributed by atoms with E-state index in [1.54, 1.807) is 43.3 Å². The van der Waals surface area contributed by atoms with Gasteiger partial charge in [-0.05, 0) is 43.2 Å². The van der Waals surface area contributed by atoms with E-state index in [1.807, 2.05) is 0 Å². The SMILES string of the molecule is CC(C(=O)O)c1cccc(NC(=O)CCCNc2ccc([N+](=O)[O-])cc2)c1. The number of hydrogen-bond donors (Lipinski definition) is 3. The Bertz CT molecular complexity index is 820.